The van der Waals surface area contributed by atoms with Crippen molar-refractivity contribution in [3.05, 3.63) is 60.2 Å². The molecular formula is C28H32N2O3S. The average Bonchev–Trinajstić information content (AvgIpc) is 2.85. The number of hydrogen-bond donors (Lipinski definition) is 1. The third kappa shape index (κ3) is 5.55. The van der Waals surface area contributed by atoms with Crippen LogP contribution < -0.4 is 14.4 Å². The van der Waals surface area contributed by atoms with Crippen molar-refractivity contribution in [1.29, 1.82) is 0 Å². The molecule has 0 heterocycles. The first-order chi connectivity index (χ1) is 16.4. The predicted octanol–water partition coefficient (Wildman–Crippen LogP) is 6.03. The van der Waals surface area contributed by atoms with E-state index in [4.69, 9.17) is 15.9 Å². The Labute approximate surface area is 205 Å². The highest BCUT2D eigenvalue weighted by atomic mass is 32.2. The van der Waals surface area contributed by atoms with Gasteiger partial charge in [0.15, 0.2) is 0 Å². The summed E-state index contributed by atoms with van der Waals surface area (Å²) in [5.74, 6) is 3.37. The quantitative estimate of drug-likeness (QED) is 0.232. The molecule has 0 aliphatic carbocycles. The molecule has 0 aliphatic rings. The summed E-state index contributed by atoms with van der Waals surface area (Å²) in [6.07, 6.45) is 5.95. The smallest absolute Gasteiger partial charge is 0.307 e. The molecule has 3 rings (SSSR count). The Morgan fingerprint density at radius 3 is 2.53 bits per heavy atom. The van der Waals surface area contributed by atoms with Gasteiger partial charge in [-0.15, -0.1) is 6.42 Å². The summed E-state index contributed by atoms with van der Waals surface area (Å²) >= 11 is 0. The van der Waals surface area contributed by atoms with Gasteiger partial charge >= 0.3 is 5.97 Å². The molecule has 34 heavy (non-hydrogen) atoms. The number of carbonyl (C=O) groups is 1. The summed E-state index contributed by atoms with van der Waals surface area (Å²) in [5.41, 5.74) is 3.14. The summed E-state index contributed by atoms with van der Waals surface area (Å²) in [4.78, 5) is 15.2. The van der Waals surface area contributed by atoms with Crippen LogP contribution in [0.5, 0.6) is 5.75 Å². The highest BCUT2D eigenvalue weighted by Gasteiger charge is 2.20. The van der Waals surface area contributed by atoms with Crippen LogP contribution in [-0.2, 0) is 9.53 Å². The molecule has 5 nitrogen and oxygen atoms in total. The Bertz CT molecular complexity index is 1250. The summed E-state index contributed by atoms with van der Waals surface area (Å²) in [6.45, 7) is 6.51. The van der Waals surface area contributed by atoms with Gasteiger partial charge in [-0.25, -0.2) is 0 Å². The minimum Gasteiger partial charge on any atom is -0.496 e. The maximum Gasteiger partial charge on any atom is 0.307 e. The number of anilines is 2. The first-order valence-electron chi connectivity index (χ1n) is 11.2. The van der Waals surface area contributed by atoms with Gasteiger partial charge in [0.05, 0.1) is 32.9 Å². The number of nitrogens with one attached hydrogen (secondary N) is 1. The summed E-state index contributed by atoms with van der Waals surface area (Å²) in [7, 11) is 2.80. The van der Waals surface area contributed by atoms with E-state index in [0.717, 1.165) is 33.5 Å². The summed E-state index contributed by atoms with van der Waals surface area (Å²) in [6, 6.07) is 18.6. The molecule has 6 heteroatoms. The van der Waals surface area contributed by atoms with E-state index in [1.807, 2.05) is 25.1 Å². The second-order valence-electron chi connectivity index (χ2n) is 7.95. The van der Waals surface area contributed by atoms with Crippen LogP contribution in [-0.4, -0.2) is 38.1 Å². The van der Waals surface area contributed by atoms with Gasteiger partial charge in [-0.2, -0.15) is 0 Å². The molecule has 1 unspecified atom stereocenters. The van der Waals surface area contributed by atoms with Gasteiger partial charge in [0, 0.05) is 27.4 Å². The largest absolute Gasteiger partial charge is 0.496 e. The first-order valence-corrected chi connectivity index (χ1v) is 12.4. The van der Waals surface area contributed by atoms with E-state index in [0.29, 0.717) is 6.54 Å². The Morgan fingerprint density at radius 2 is 1.91 bits per heavy atom. The summed E-state index contributed by atoms with van der Waals surface area (Å²) in [5, 5.41) is 4.34. The summed E-state index contributed by atoms with van der Waals surface area (Å²) < 4.78 is 14.0. The number of hydrogen-bond acceptors (Lipinski definition) is 5. The second-order valence-corrected chi connectivity index (χ2v) is 9.77. The third-order valence-corrected chi connectivity index (χ3v) is 7.44. The minimum absolute atomic E-state index is 0.105. The highest BCUT2D eigenvalue weighted by Crippen LogP contribution is 2.38. The van der Waals surface area contributed by atoms with E-state index in [1.165, 1.54) is 12.0 Å². The minimum atomic E-state index is -0.299. The monoisotopic (exact) mass is 476 g/mol. The van der Waals surface area contributed by atoms with E-state index < -0.39 is 0 Å². The lowest BCUT2D eigenvalue weighted by molar-refractivity contribution is -0.140. The zero-order chi connectivity index (χ0) is 24.7. The zero-order valence-corrected chi connectivity index (χ0v) is 21.2. The Kier molecular flexibility index (Phi) is 8.61. The molecule has 3 aromatic rings. The molecule has 178 valence electrons. The molecule has 0 bridgehead atoms. The van der Waals surface area contributed by atoms with Crippen molar-refractivity contribution >= 4 is 44.2 Å². The topological polar surface area (TPSA) is 50.8 Å². The SMILES string of the molecule is C#CCN(c1ccc(N/S(=C\C)c2ccc(OC)c(C)c2)c2ccccc12)[C@@H](C)CC(=O)OC. The number of terminal acetylenes is 1. The van der Waals surface area contributed by atoms with Crippen LogP contribution in [0.4, 0.5) is 11.4 Å². The second kappa shape index (κ2) is 11.6. The Balaban J connectivity index is 2.01. The lowest BCUT2D eigenvalue weighted by Crippen LogP contribution is -2.35. The maximum atomic E-state index is 11.9. The van der Waals surface area contributed by atoms with Gasteiger partial charge in [-0.3, -0.25) is 4.79 Å². The van der Waals surface area contributed by atoms with Crippen molar-refractivity contribution in [2.75, 3.05) is 30.4 Å². The number of ether oxygens (including phenoxy) is 2. The van der Waals surface area contributed by atoms with Crippen LogP contribution in [0.1, 0.15) is 25.8 Å². The van der Waals surface area contributed by atoms with Crippen LogP contribution in [0.2, 0.25) is 0 Å². The Morgan fingerprint density at radius 1 is 1.18 bits per heavy atom. The van der Waals surface area contributed by atoms with E-state index in [9.17, 15) is 4.79 Å². The first kappa shape index (κ1) is 25.2. The number of benzene rings is 3. The fourth-order valence-electron chi connectivity index (χ4n) is 3.99. The number of methoxy groups -OCH3 is 2. The van der Waals surface area contributed by atoms with Crippen molar-refractivity contribution in [1.82, 2.24) is 0 Å². The van der Waals surface area contributed by atoms with Crippen molar-refractivity contribution < 1.29 is 14.3 Å². The molecule has 2 atom stereocenters. The molecule has 0 saturated carbocycles. The predicted molar refractivity (Wildman–Crippen MR) is 145 cm³/mol. The Hall–Kier alpha value is -3.43. The number of aryl methyl sites for hydroxylation is 1. The van der Waals surface area contributed by atoms with Crippen LogP contribution in [0.3, 0.4) is 0 Å². The molecule has 0 radical (unpaired) electrons. The van der Waals surface area contributed by atoms with Crippen LogP contribution in [0.25, 0.3) is 10.8 Å². The maximum absolute atomic E-state index is 11.9. The lowest BCUT2D eigenvalue weighted by atomic mass is 10.0. The van der Waals surface area contributed by atoms with Gasteiger partial charge in [-0.1, -0.05) is 40.9 Å². The van der Waals surface area contributed by atoms with Crippen molar-refractivity contribution in [2.24, 2.45) is 0 Å². The molecule has 0 spiro atoms. The molecular weight excluding hydrogens is 444 g/mol. The van der Waals surface area contributed by atoms with Crippen molar-refractivity contribution in [3.8, 4) is 18.1 Å². The standard InChI is InChI=1S/C28H32N2O3S/c1-7-17-30(21(4)19-28(31)33-6)26-15-14-25(23-11-9-10-12-24(23)26)29-34(8-2)22-13-16-27(32-5)20(3)18-22/h1,8-16,18,21,29H,17,19H2,2-6H3/t21-,34?/m0/s1. The lowest BCUT2D eigenvalue weighted by Gasteiger charge is -2.30. The molecule has 0 amide bonds. The fraction of sp³-hybridized carbons (Fsp3) is 0.286. The van der Waals surface area contributed by atoms with Crippen LogP contribution in [0, 0.1) is 19.3 Å². The third-order valence-electron chi connectivity index (χ3n) is 5.77. The molecule has 0 fully saturated rings. The normalized spacial score (nSPS) is 12.6. The van der Waals surface area contributed by atoms with E-state index >= 15 is 0 Å². The fourth-order valence-corrected chi connectivity index (χ4v) is 5.44. The molecule has 0 aromatic heterocycles. The molecule has 1 N–H and O–H groups in total. The number of nitrogens with zero attached hydrogens (tertiary/aromatic N) is 1. The zero-order valence-electron chi connectivity index (χ0n) is 20.4. The molecule has 0 saturated heterocycles. The molecule has 0 aliphatic heterocycles. The van der Waals surface area contributed by atoms with Gasteiger partial charge in [-0.05, 0) is 62.0 Å². The van der Waals surface area contributed by atoms with Gasteiger partial charge in [0.25, 0.3) is 0 Å². The van der Waals surface area contributed by atoms with E-state index in [1.54, 1.807) is 7.11 Å². The average molecular weight is 477 g/mol. The van der Waals surface area contributed by atoms with Crippen molar-refractivity contribution in [3.63, 3.8) is 0 Å². The highest BCUT2D eigenvalue weighted by molar-refractivity contribution is 8.16. The number of carbonyl (C=O) groups excluding carboxylic acids is 1. The van der Waals surface area contributed by atoms with Gasteiger partial charge < -0.3 is 19.1 Å². The van der Waals surface area contributed by atoms with Gasteiger partial charge in [0.1, 0.15) is 5.75 Å². The number of fused-ring (bicyclic) bond motifs is 1. The van der Waals surface area contributed by atoms with E-state index in [2.05, 4.69) is 71.2 Å². The van der Waals surface area contributed by atoms with Crippen LogP contribution in [0.15, 0.2) is 59.5 Å². The van der Waals surface area contributed by atoms with Gasteiger partial charge in [0.2, 0.25) is 0 Å². The molecule has 3 aromatic carbocycles. The van der Waals surface area contributed by atoms with Crippen molar-refractivity contribution in [2.45, 2.75) is 38.1 Å². The number of esters is 1. The number of rotatable bonds is 9. The van der Waals surface area contributed by atoms with E-state index in [-0.39, 0.29) is 29.1 Å². The van der Waals surface area contributed by atoms with Crippen LogP contribution >= 0.6 is 10.7 Å².